The Hall–Kier alpha value is -1.63. The summed E-state index contributed by atoms with van der Waals surface area (Å²) in [5, 5.41) is 8.43. The summed E-state index contributed by atoms with van der Waals surface area (Å²) in [7, 11) is 0. The summed E-state index contributed by atoms with van der Waals surface area (Å²) in [5.41, 5.74) is 0.637. The van der Waals surface area contributed by atoms with Crippen LogP contribution in [0.25, 0.3) is 11.2 Å². The lowest BCUT2D eigenvalue weighted by atomic mass is 9.81. The van der Waals surface area contributed by atoms with Crippen molar-refractivity contribution in [3.8, 4) is 6.07 Å². The highest BCUT2D eigenvalue weighted by molar-refractivity contribution is 8.07. The molecule has 0 saturated heterocycles. The van der Waals surface area contributed by atoms with Crippen molar-refractivity contribution in [3.05, 3.63) is 23.0 Å². The average Bonchev–Trinajstić information content (AvgIpc) is 2.91. The lowest BCUT2D eigenvalue weighted by Gasteiger charge is -2.36. The van der Waals surface area contributed by atoms with Gasteiger partial charge >= 0.3 is 6.72 Å². The van der Waals surface area contributed by atoms with Gasteiger partial charge < -0.3 is 23.5 Å². The maximum absolute atomic E-state index is 11.6. The molecule has 1 aliphatic rings. The lowest BCUT2D eigenvalue weighted by Crippen LogP contribution is -2.29. The van der Waals surface area contributed by atoms with Crippen molar-refractivity contribution >= 4 is 29.7 Å². The fourth-order valence-corrected chi connectivity index (χ4v) is 3.84. The van der Waals surface area contributed by atoms with Gasteiger partial charge in [-0.05, 0) is 30.6 Å². The number of hydrogen-bond donors (Lipinski definition) is 2. The molecular weight excluding hydrogens is 353 g/mol. The minimum Gasteiger partial charge on any atom is -0.324 e. The Kier molecular flexibility index (Phi) is 5.08. The van der Waals surface area contributed by atoms with E-state index in [1.807, 2.05) is 10.6 Å². The van der Waals surface area contributed by atoms with Crippen LogP contribution in [0.4, 0.5) is 0 Å². The van der Waals surface area contributed by atoms with Crippen molar-refractivity contribution in [2.24, 2.45) is 5.92 Å². The molecule has 0 aliphatic heterocycles. The number of nitrogens with one attached hydrogen (secondary N) is 1. The van der Waals surface area contributed by atoms with Gasteiger partial charge in [0.25, 0.3) is 5.56 Å². The van der Waals surface area contributed by atoms with Crippen molar-refractivity contribution in [2.75, 3.05) is 13.2 Å². The second-order valence-electron chi connectivity index (χ2n) is 5.55. The number of fused-ring (bicyclic) bond motifs is 1. The monoisotopic (exact) mass is 369 g/mol. The van der Waals surface area contributed by atoms with Crippen LogP contribution in [0, 0.1) is 17.2 Å². The van der Waals surface area contributed by atoms with Gasteiger partial charge in [-0.2, -0.15) is 5.26 Å². The van der Waals surface area contributed by atoms with Crippen molar-refractivity contribution < 1.29 is 13.9 Å². The van der Waals surface area contributed by atoms with Gasteiger partial charge in [0.15, 0.2) is 11.2 Å². The molecule has 24 heavy (non-hydrogen) atoms. The second-order valence-corrected chi connectivity index (χ2v) is 8.39. The lowest BCUT2D eigenvalue weighted by molar-refractivity contribution is 0.106. The average molecular weight is 369 g/mol. The van der Waals surface area contributed by atoms with Crippen molar-refractivity contribution in [2.45, 2.75) is 25.3 Å². The third-order valence-electron chi connectivity index (χ3n) is 3.91. The van der Waals surface area contributed by atoms with E-state index < -0.39 is 6.72 Å². The number of nitrogens with zero attached hydrogens (tertiary/aromatic N) is 4. The van der Waals surface area contributed by atoms with Crippen LogP contribution in [0.2, 0.25) is 0 Å². The molecule has 1 unspecified atom stereocenters. The minimum absolute atomic E-state index is 0.0683. The van der Waals surface area contributed by atoms with Gasteiger partial charge in [-0.1, -0.05) is 0 Å². The van der Waals surface area contributed by atoms with Crippen molar-refractivity contribution in [1.29, 1.82) is 5.26 Å². The molecule has 1 atom stereocenters. The molecule has 2 N–H and O–H groups in total. The molecule has 1 saturated carbocycles. The maximum atomic E-state index is 11.6. The summed E-state index contributed by atoms with van der Waals surface area (Å²) in [6.07, 6.45) is 4.77. The Labute approximate surface area is 142 Å². The third-order valence-corrected chi connectivity index (χ3v) is 5.53. The number of nitriles is 1. The Morgan fingerprint density at radius 2 is 2.29 bits per heavy atom. The van der Waals surface area contributed by atoms with E-state index in [1.54, 1.807) is 6.33 Å². The van der Waals surface area contributed by atoms with Crippen LogP contribution in [-0.2, 0) is 20.9 Å². The van der Waals surface area contributed by atoms with Gasteiger partial charge in [0, 0.05) is 6.04 Å². The van der Waals surface area contributed by atoms with Gasteiger partial charge in [-0.15, -0.1) is 0 Å². The van der Waals surface area contributed by atoms with Crippen LogP contribution >= 0.6 is 6.72 Å². The first kappa shape index (κ1) is 17.2. The molecule has 9 nitrogen and oxygen atoms in total. The molecule has 2 aromatic rings. The molecule has 2 aromatic heterocycles. The van der Waals surface area contributed by atoms with Gasteiger partial charge in [-0.25, -0.2) is 9.97 Å². The molecule has 11 heteroatoms. The van der Waals surface area contributed by atoms with Gasteiger partial charge in [0.05, 0.1) is 38.4 Å². The molecule has 0 aromatic carbocycles. The predicted octanol–water partition coefficient (Wildman–Crippen LogP) is 1.23. The summed E-state index contributed by atoms with van der Waals surface area (Å²) in [4.78, 5) is 32.3. The number of aromatic amines is 1. The normalized spacial score (nSPS) is 22.7. The molecule has 128 valence electrons. The fourth-order valence-electron chi connectivity index (χ4n) is 2.64. The Balaban J connectivity index is 1.52. The van der Waals surface area contributed by atoms with E-state index >= 15 is 0 Å². The zero-order valence-electron chi connectivity index (χ0n) is 12.7. The highest BCUT2D eigenvalue weighted by Gasteiger charge is 2.33. The summed E-state index contributed by atoms with van der Waals surface area (Å²) in [5.74, 6) is 0.239. The molecule has 0 spiro atoms. The zero-order chi connectivity index (χ0) is 17.2. The van der Waals surface area contributed by atoms with E-state index in [9.17, 15) is 9.69 Å². The molecule has 1 fully saturated rings. The number of hydrogen-bond acceptors (Lipinski definition) is 7. The molecule has 0 bridgehead atoms. The van der Waals surface area contributed by atoms with Crippen LogP contribution < -0.4 is 5.56 Å². The summed E-state index contributed by atoms with van der Waals surface area (Å²) < 4.78 is 12.2. The minimum atomic E-state index is -3.28. The van der Waals surface area contributed by atoms with E-state index in [4.69, 9.17) is 26.1 Å². The summed E-state index contributed by atoms with van der Waals surface area (Å²) in [6, 6.07) is 2.10. The SMILES string of the molecule is N#CCCOP(O)(=S)OCC1CC(n2cnc3c(=O)[nH]cnc32)C1. The summed E-state index contributed by atoms with van der Waals surface area (Å²) in [6.45, 7) is -2.90. The smallest absolute Gasteiger partial charge is 0.324 e. The molecule has 0 amide bonds. The number of H-pyrrole nitrogens is 1. The molecule has 2 heterocycles. The van der Waals surface area contributed by atoms with Gasteiger partial charge in [-0.3, -0.25) is 4.79 Å². The second kappa shape index (κ2) is 7.09. The highest BCUT2D eigenvalue weighted by Crippen LogP contribution is 2.47. The number of rotatable bonds is 7. The first-order valence-electron chi connectivity index (χ1n) is 7.39. The highest BCUT2D eigenvalue weighted by atomic mass is 32.5. The third kappa shape index (κ3) is 3.71. The Morgan fingerprint density at radius 1 is 1.50 bits per heavy atom. The Morgan fingerprint density at radius 3 is 3.04 bits per heavy atom. The Bertz CT molecular complexity index is 869. The number of aromatic nitrogens is 4. The zero-order valence-corrected chi connectivity index (χ0v) is 14.4. The molecule has 3 rings (SSSR count). The molecule has 1 aliphatic carbocycles. The van der Waals surface area contributed by atoms with Crippen LogP contribution in [0.1, 0.15) is 25.3 Å². The van der Waals surface area contributed by atoms with Gasteiger partial charge in [0.2, 0.25) is 0 Å². The van der Waals surface area contributed by atoms with Gasteiger partial charge in [0.1, 0.15) is 0 Å². The largest absolute Gasteiger partial charge is 0.324 e. The molecular formula is C13H16N5O4PS. The standard InChI is InChI=1S/C13H16N5O4PS/c14-2-1-3-21-23(20,24)22-6-9-4-10(5-9)18-8-17-11-12(18)15-7-16-13(11)19/h7-10H,1,3-6H2,(H,20,24)(H,15,16,19). The topological polar surface area (TPSA) is 126 Å². The fraction of sp³-hybridized carbons (Fsp3) is 0.538. The van der Waals surface area contributed by atoms with Crippen LogP contribution in [0.3, 0.4) is 0 Å². The van der Waals surface area contributed by atoms with E-state index in [0.29, 0.717) is 17.8 Å². The van der Waals surface area contributed by atoms with E-state index in [-0.39, 0.29) is 30.5 Å². The van der Waals surface area contributed by atoms with Crippen LogP contribution in [0.5, 0.6) is 0 Å². The van der Waals surface area contributed by atoms with E-state index in [0.717, 1.165) is 12.8 Å². The van der Waals surface area contributed by atoms with E-state index in [1.165, 1.54) is 6.33 Å². The predicted molar refractivity (Wildman–Crippen MR) is 88.5 cm³/mol. The van der Waals surface area contributed by atoms with Crippen molar-refractivity contribution in [1.82, 2.24) is 19.5 Å². The van der Waals surface area contributed by atoms with Crippen LogP contribution in [-0.4, -0.2) is 37.6 Å². The first-order chi connectivity index (χ1) is 11.5. The van der Waals surface area contributed by atoms with Crippen LogP contribution in [0.15, 0.2) is 17.4 Å². The maximum Gasteiger partial charge on any atom is 0.324 e. The summed E-state index contributed by atoms with van der Waals surface area (Å²) >= 11 is 4.88. The first-order valence-corrected chi connectivity index (χ1v) is 9.98. The molecule has 0 radical (unpaired) electrons. The van der Waals surface area contributed by atoms with E-state index in [2.05, 4.69) is 15.0 Å². The number of imidazole rings is 1. The quantitative estimate of drug-likeness (QED) is 0.551. The van der Waals surface area contributed by atoms with Crippen molar-refractivity contribution in [3.63, 3.8) is 0 Å².